The fourth-order valence-corrected chi connectivity index (χ4v) is 4.67. The van der Waals surface area contributed by atoms with Crippen LogP contribution in [0.15, 0.2) is 23.4 Å². The fourth-order valence-electron chi connectivity index (χ4n) is 2.61. The Morgan fingerprint density at radius 2 is 2.05 bits per heavy atom. The summed E-state index contributed by atoms with van der Waals surface area (Å²) < 4.78 is 27.3. The molecule has 1 fully saturated rings. The summed E-state index contributed by atoms with van der Waals surface area (Å²) in [5, 5.41) is 8.97. The summed E-state index contributed by atoms with van der Waals surface area (Å²) in [5.74, 6) is 0. The molecule has 0 atom stereocenters. The number of sulfonamides is 1. The minimum atomic E-state index is -3.59. The molecule has 0 spiro atoms. The smallest absolute Gasteiger partial charge is 0.258 e. The van der Waals surface area contributed by atoms with E-state index in [1.165, 1.54) is 18.7 Å². The molecule has 7 heteroatoms. The summed E-state index contributed by atoms with van der Waals surface area (Å²) in [4.78, 5) is 3.92. The Kier molecular flexibility index (Phi) is 5.65. The topological polar surface area (TPSA) is 79.3 Å². The third-order valence-electron chi connectivity index (χ3n) is 4.04. The second kappa shape index (κ2) is 7.09. The van der Waals surface area contributed by atoms with Gasteiger partial charge in [-0.1, -0.05) is 25.3 Å². The molecular weight excluding hydrogens is 308 g/mol. The summed E-state index contributed by atoms with van der Waals surface area (Å²) in [6.07, 6.45) is 9.09. The second-order valence-corrected chi connectivity index (χ2v) is 8.42. The number of rotatable bonds is 6. The largest absolute Gasteiger partial charge is 0.392 e. The maximum Gasteiger partial charge on any atom is 0.258 e. The first-order valence-electron chi connectivity index (χ1n) is 7.12. The van der Waals surface area contributed by atoms with Crippen LogP contribution < -0.4 is 4.72 Å². The number of aliphatic hydroxyl groups is 1. The summed E-state index contributed by atoms with van der Waals surface area (Å²) in [6.45, 7) is 0.302. The van der Waals surface area contributed by atoms with Crippen molar-refractivity contribution in [3.63, 3.8) is 0 Å². The van der Waals surface area contributed by atoms with Gasteiger partial charge in [0.05, 0.1) is 6.61 Å². The molecule has 0 aromatic carbocycles. The van der Waals surface area contributed by atoms with E-state index in [1.807, 2.05) is 6.26 Å². The van der Waals surface area contributed by atoms with Crippen molar-refractivity contribution >= 4 is 21.8 Å². The Labute approximate surface area is 130 Å². The van der Waals surface area contributed by atoms with Gasteiger partial charge < -0.3 is 5.11 Å². The van der Waals surface area contributed by atoms with Gasteiger partial charge in [0.25, 0.3) is 10.0 Å². The predicted molar refractivity (Wildman–Crippen MR) is 84.7 cm³/mol. The summed E-state index contributed by atoms with van der Waals surface area (Å²) in [7, 11) is -3.59. The first-order chi connectivity index (χ1) is 10.0. The van der Waals surface area contributed by atoms with Gasteiger partial charge in [-0.2, -0.15) is 11.8 Å². The first-order valence-corrected chi connectivity index (χ1v) is 9.83. The molecule has 0 bridgehead atoms. The van der Waals surface area contributed by atoms with Gasteiger partial charge in [-0.25, -0.2) is 18.1 Å². The number of nitrogens with zero attached hydrogens (tertiary/aromatic N) is 1. The molecule has 2 rings (SSSR count). The Morgan fingerprint density at radius 1 is 1.33 bits per heavy atom. The van der Waals surface area contributed by atoms with Gasteiger partial charge in [0.1, 0.15) is 0 Å². The van der Waals surface area contributed by atoms with E-state index in [-0.39, 0.29) is 16.4 Å². The van der Waals surface area contributed by atoms with Crippen molar-refractivity contribution in [3.05, 3.63) is 23.9 Å². The van der Waals surface area contributed by atoms with Crippen LogP contribution in [0.1, 0.15) is 37.7 Å². The minimum absolute atomic E-state index is 0.00626. The Balaban J connectivity index is 2.06. The molecule has 1 heterocycles. The molecule has 0 radical (unpaired) electrons. The van der Waals surface area contributed by atoms with E-state index < -0.39 is 10.0 Å². The highest BCUT2D eigenvalue weighted by atomic mass is 32.2. The Morgan fingerprint density at radius 3 is 2.57 bits per heavy atom. The van der Waals surface area contributed by atoms with Crippen molar-refractivity contribution in [3.8, 4) is 0 Å². The number of hydrogen-bond donors (Lipinski definition) is 2. The van der Waals surface area contributed by atoms with Crippen LogP contribution in [0.2, 0.25) is 0 Å². The van der Waals surface area contributed by atoms with Crippen LogP contribution >= 0.6 is 11.8 Å². The van der Waals surface area contributed by atoms with Crippen LogP contribution in [0.4, 0.5) is 0 Å². The molecule has 1 aromatic rings. The second-order valence-electron chi connectivity index (χ2n) is 5.44. The maximum absolute atomic E-state index is 12.3. The van der Waals surface area contributed by atoms with Gasteiger partial charge in [-0.15, -0.1) is 0 Å². The van der Waals surface area contributed by atoms with Gasteiger partial charge in [0.2, 0.25) is 0 Å². The van der Waals surface area contributed by atoms with Crippen LogP contribution in [0.5, 0.6) is 0 Å². The van der Waals surface area contributed by atoms with E-state index in [0.717, 1.165) is 25.7 Å². The predicted octanol–water partition coefficient (Wildman–Crippen LogP) is 1.92. The van der Waals surface area contributed by atoms with Crippen LogP contribution in [-0.4, -0.2) is 36.1 Å². The summed E-state index contributed by atoms with van der Waals surface area (Å²) >= 11 is 1.75. The monoisotopic (exact) mass is 330 g/mol. The quantitative estimate of drug-likeness (QED) is 0.833. The standard InChI is InChI=1S/C14H22N2O3S2/c1-20-14(7-3-2-4-8-14)11-16-21(18,19)13-6-5-12(10-17)9-15-13/h5-6,9,16-17H,2-4,7-8,10-11H2,1H3. The van der Waals surface area contributed by atoms with Gasteiger partial charge in [-0.05, 0) is 30.7 Å². The lowest BCUT2D eigenvalue weighted by Gasteiger charge is -2.35. The molecule has 0 amide bonds. The summed E-state index contributed by atoms with van der Waals surface area (Å²) in [5.41, 5.74) is 0.599. The van der Waals surface area contributed by atoms with Crippen molar-refractivity contribution in [1.82, 2.24) is 9.71 Å². The molecule has 0 saturated heterocycles. The van der Waals surface area contributed by atoms with Crippen LogP contribution in [0.3, 0.4) is 0 Å². The molecule has 1 aromatic heterocycles. The van der Waals surface area contributed by atoms with Crippen molar-refractivity contribution in [2.75, 3.05) is 12.8 Å². The van der Waals surface area contributed by atoms with Crippen molar-refractivity contribution in [1.29, 1.82) is 0 Å². The highest BCUT2D eigenvalue weighted by Gasteiger charge is 2.32. The van der Waals surface area contributed by atoms with E-state index in [4.69, 9.17) is 5.11 Å². The van der Waals surface area contributed by atoms with E-state index in [1.54, 1.807) is 17.8 Å². The normalized spacial score (nSPS) is 18.6. The zero-order valence-electron chi connectivity index (χ0n) is 12.2. The zero-order chi connectivity index (χ0) is 15.3. The fraction of sp³-hybridized carbons (Fsp3) is 0.643. The number of aromatic nitrogens is 1. The van der Waals surface area contributed by atoms with Crippen LogP contribution in [-0.2, 0) is 16.6 Å². The number of thioether (sulfide) groups is 1. The third kappa shape index (κ3) is 4.18. The molecule has 21 heavy (non-hydrogen) atoms. The highest BCUT2D eigenvalue weighted by Crippen LogP contribution is 2.38. The lowest BCUT2D eigenvalue weighted by molar-refractivity contribution is 0.281. The lowest BCUT2D eigenvalue weighted by atomic mass is 9.88. The molecular formula is C14H22N2O3S2. The van der Waals surface area contributed by atoms with Crippen molar-refractivity contribution in [2.45, 2.75) is 48.5 Å². The molecule has 1 aliphatic rings. The molecule has 1 aliphatic carbocycles. The summed E-state index contributed by atoms with van der Waals surface area (Å²) in [6, 6.07) is 3.01. The number of hydrogen-bond acceptors (Lipinski definition) is 5. The van der Waals surface area contributed by atoms with Gasteiger partial charge >= 0.3 is 0 Å². The molecule has 118 valence electrons. The van der Waals surface area contributed by atoms with Gasteiger partial charge in [0, 0.05) is 17.5 Å². The van der Waals surface area contributed by atoms with E-state index in [2.05, 4.69) is 9.71 Å². The molecule has 0 unspecified atom stereocenters. The SMILES string of the molecule is CSC1(CNS(=O)(=O)c2ccc(CO)cn2)CCCCC1. The molecule has 2 N–H and O–H groups in total. The molecule has 0 aliphatic heterocycles. The molecule has 5 nitrogen and oxygen atoms in total. The highest BCUT2D eigenvalue weighted by molar-refractivity contribution is 8.00. The van der Waals surface area contributed by atoms with Gasteiger partial charge in [0.15, 0.2) is 5.03 Å². The zero-order valence-corrected chi connectivity index (χ0v) is 13.8. The maximum atomic E-state index is 12.3. The Hall–Kier alpha value is -0.630. The molecule has 1 saturated carbocycles. The average molecular weight is 330 g/mol. The van der Waals surface area contributed by atoms with E-state index >= 15 is 0 Å². The average Bonchev–Trinajstić information content (AvgIpc) is 2.54. The van der Waals surface area contributed by atoms with E-state index in [0.29, 0.717) is 12.1 Å². The lowest BCUT2D eigenvalue weighted by Crippen LogP contribution is -2.41. The number of nitrogens with one attached hydrogen (secondary N) is 1. The third-order valence-corrected chi connectivity index (χ3v) is 6.77. The van der Waals surface area contributed by atoms with E-state index in [9.17, 15) is 8.42 Å². The van der Waals surface area contributed by atoms with Crippen LogP contribution in [0.25, 0.3) is 0 Å². The van der Waals surface area contributed by atoms with Gasteiger partial charge in [-0.3, -0.25) is 0 Å². The van der Waals surface area contributed by atoms with Crippen LogP contribution in [0, 0.1) is 0 Å². The Bertz CT molecular complexity index is 552. The number of aliphatic hydroxyl groups excluding tert-OH is 1. The van der Waals surface area contributed by atoms with Crippen molar-refractivity contribution < 1.29 is 13.5 Å². The van der Waals surface area contributed by atoms with Crippen molar-refractivity contribution in [2.24, 2.45) is 0 Å². The first kappa shape index (κ1) is 16.7. The minimum Gasteiger partial charge on any atom is -0.392 e. The number of pyridine rings is 1.